The van der Waals surface area contributed by atoms with Gasteiger partial charge in [-0.05, 0) is 59.9 Å². The van der Waals surface area contributed by atoms with Gasteiger partial charge in [0, 0.05) is 0 Å². The molecule has 0 spiro atoms. The van der Waals surface area contributed by atoms with Gasteiger partial charge >= 0.3 is 0 Å². The Bertz CT molecular complexity index is 677. The Morgan fingerprint density at radius 2 is 1.24 bits per heavy atom. The molecule has 1 heteroatoms. The lowest BCUT2D eigenvalue weighted by Gasteiger charge is -2.26. The first kappa shape index (κ1) is 21.9. The molecule has 3 rings (SSSR count). The normalized spacial score (nSPS) is 19.2. The van der Waals surface area contributed by atoms with E-state index < -0.39 is 0 Å². The number of rotatable bonds is 11. The topological polar surface area (TPSA) is 9.23 Å². The van der Waals surface area contributed by atoms with E-state index in [-0.39, 0.29) is 0 Å². The fourth-order valence-electron chi connectivity index (χ4n) is 4.53. The molecule has 0 unspecified atom stereocenters. The van der Waals surface area contributed by atoms with Crippen LogP contribution in [0.1, 0.15) is 96.0 Å². The molecule has 0 radical (unpaired) electrons. The zero-order valence-corrected chi connectivity index (χ0v) is 18.7. The fourth-order valence-corrected chi connectivity index (χ4v) is 4.53. The van der Waals surface area contributed by atoms with Crippen LogP contribution in [0.4, 0.5) is 0 Å². The van der Waals surface area contributed by atoms with E-state index in [1.807, 2.05) is 0 Å². The Morgan fingerprint density at radius 1 is 0.690 bits per heavy atom. The van der Waals surface area contributed by atoms with Crippen molar-refractivity contribution in [2.45, 2.75) is 90.4 Å². The molecule has 1 nitrogen and oxygen atoms in total. The zero-order valence-electron chi connectivity index (χ0n) is 18.7. The largest absolute Gasteiger partial charge is 0.494 e. The Kier molecular flexibility index (Phi) is 9.12. The van der Waals surface area contributed by atoms with Crippen molar-refractivity contribution < 1.29 is 4.74 Å². The number of ether oxygens (including phenoxy) is 1. The van der Waals surface area contributed by atoms with Gasteiger partial charge in [0.15, 0.2) is 0 Å². The number of hydrogen-bond acceptors (Lipinski definition) is 1. The van der Waals surface area contributed by atoms with Gasteiger partial charge in [-0.2, -0.15) is 0 Å². The summed E-state index contributed by atoms with van der Waals surface area (Å²) in [6, 6.07) is 17.9. The van der Waals surface area contributed by atoms with Crippen LogP contribution in [0.25, 0.3) is 11.1 Å². The van der Waals surface area contributed by atoms with Crippen LogP contribution in [0.15, 0.2) is 48.5 Å². The monoisotopic (exact) mass is 392 g/mol. The van der Waals surface area contributed by atoms with Crippen molar-refractivity contribution in [2.24, 2.45) is 5.92 Å². The van der Waals surface area contributed by atoms with Gasteiger partial charge in [-0.3, -0.25) is 0 Å². The van der Waals surface area contributed by atoms with Crippen LogP contribution >= 0.6 is 0 Å². The highest BCUT2D eigenvalue weighted by Gasteiger charge is 2.19. The minimum Gasteiger partial charge on any atom is -0.494 e. The summed E-state index contributed by atoms with van der Waals surface area (Å²) in [7, 11) is 0. The molecule has 158 valence electrons. The van der Waals surface area contributed by atoms with Crippen molar-refractivity contribution in [3.05, 3.63) is 54.1 Å². The van der Waals surface area contributed by atoms with Gasteiger partial charge in [0.1, 0.15) is 5.75 Å². The Morgan fingerprint density at radius 3 is 1.86 bits per heavy atom. The lowest BCUT2D eigenvalue weighted by molar-refractivity contribution is 0.304. The van der Waals surface area contributed by atoms with Gasteiger partial charge in [-0.25, -0.2) is 0 Å². The fraction of sp³-hybridized carbons (Fsp3) is 0.571. The van der Waals surface area contributed by atoms with Crippen LogP contribution in [0.2, 0.25) is 0 Å². The second kappa shape index (κ2) is 12.1. The molecular formula is C28H40O. The minimum atomic E-state index is 0.766. The molecule has 0 atom stereocenters. The summed E-state index contributed by atoms with van der Waals surface area (Å²) < 4.78 is 5.93. The Labute approximate surface area is 178 Å². The first-order valence-corrected chi connectivity index (χ1v) is 12.1. The summed E-state index contributed by atoms with van der Waals surface area (Å²) in [4.78, 5) is 0. The highest BCUT2D eigenvalue weighted by molar-refractivity contribution is 5.64. The molecular weight excluding hydrogens is 352 g/mol. The summed E-state index contributed by atoms with van der Waals surface area (Å²) in [5, 5.41) is 0. The maximum atomic E-state index is 5.93. The predicted molar refractivity (Wildman–Crippen MR) is 126 cm³/mol. The van der Waals surface area contributed by atoms with Crippen LogP contribution in [0.5, 0.6) is 5.75 Å². The predicted octanol–water partition coefficient (Wildman–Crippen LogP) is 8.78. The van der Waals surface area contributed by atoms with E-state index in [1.165, 1.54) is 80.9 Å². The standard InChI is InChI=1S/C28H40O/c1-3-4-5-6-7-8-9-22-29-28-20-18-27(19-21-28)26-16-14-25(15-17-26)24-12-10-23(2)11-13-24/h14-21,23-24H,3-13,22H2,1-2H3. The van der Waals surface area contributed by atoms with Crippen molar-refractivity contribution in [1.29, 1.82) is 0 Å². The van der Waals surface area contributed by atoms with Crippen LogP contribution in [0.3, 0.4) is 0 Å². The van der Waals surface area contributed by atoms with E-state index in [2.05, 4.69) is 62.4 Å². The number of unbranched alkanes of at least 4 members (excludes halogenated alkanes) is 6. The van der Waals surface area contributed by atoms with E-state index in [1.54, 1.807) is 0 Å². The van der Waals surface area contributed by atoms with Crippen molar-refractivity contribution in [1.82, 2.24) is 0 Å². The Hall–Kier alpha value is -1.76. The van der Waals surface area contributed by atoms with Gasteiger partial charge in [-0.15, -0.1) is 0 Å². The maximum absolute atomic E-state index is 5.93. The molecule has 2 aromatic rings. The lowest BCUT2D eigenvalue weighted by atomic mass is 9.79. The molecule has 2 aromatic carbocycles. The van der Waals surface area contributed by atoms with E-state index in [9.17, 15) is 0 Å². The lowest BCUT2D eigenvalue weighted by Crippen LogP contribution is -2.10. The molecule has 1 saturated carbocycles. The third kappa shape index (κ3) is 7.21. The van der Waals surface area contributed by atoms with E-state index >= 15 is 0 Å². The molecule has 0 bridgehead atoms. The minimum absolute atomic E-state index is 0.766. The first-order valence-electron chi connectivity index (χ1n) is 12.1. The average molecular weight is 393 g/mol. The summed E-state index contributed by atoms with van der Waals surface area (Å²) in [5.74, 6) is 2.67. The van der Waals surface area contributed by atoms with Crippen molar-refractivity contribution in [3.63, 3.8) is 0 Å². The highest BCUT2D eigenvalue weighted by atomic mass is 16.5. The molecule has 29 heavy (non-hydrogen) atoms. The van der Waals surface area contributed by atoms with E-state index in [0.717, 1.165) is 30.6 Å². The van der Waals surface area contributed by atoms with Gasteiger partial charge < -0.3 is 4.74 Å². The highest BCUT2D eigenvalue weighted by Crippen LogP contribution is 2.36. The molecule has 0 N–H and O–H groups in total. The third-order valence-electron chi connectivity index (χ3n) is 6.60. The maximum Gasteiger partial charge on any atom is 0.119 e. The summed E-state index contributed by atoms with van der Waals surface area (Å²) in [5.41, 5.74) is 4.10. The molecule has 1 aliphatic rings. The molecule has 0 aromatic heterocycles. The van der Waals surface area contributed by atoms with E-state index in [0.29, 0.717) is 0 Å². The van der Waals surface area contributed by atoms with Gasteiger partial charge in [0.25, 0.3) is 0 Å². The number of benzene rings is 2. The molecule has 1 fully saturated rings. The van der Waals surface area contributed by atoms with Gasteiger partial charge in [-0.1, -0.05) is 102 Å². The molecule has 0 heterocycles. The molecule has 1 aliphatic carbocycles. The second-order valence-corrected chi connectivity index (χ2v) is 9.07. The second-order valence-electron chi connectivity index (χ2n) is 9.07. The van der Waals surface area contributed by atoms with E-state index in [4.69, 9.17) is 4.74 Å². The zero-order chi connectivity index (χ0) is 20.3. The summed E-state index contributed by atoms with van der Waals surface area (Å²) in [6.07, 6.45) is 14.7. The van der Waals surface area contributed by atoms with Crippen molar-refractivity contribution in [2.75, 3.05) is 6.61 Å². The smallest absolute Gasteiger partial charge is 0.119 e. The van der Waals surface area contributed by atoms with Crippen LogP contribution in [0, 0.1) is 5.92 Å². The van der Waals surface area contributed by atoms with Crippen molar-refractivity contribution >= 4 is 0 Å². The van der Waals surface area contributed by atoms with Crippen LogP contribution in [-0.2, 0) is 0 Å². The quantitative estimate of drug-likeness (QED) is 0.347. The third-order valence-corrected chi connectivity index (χ3v) is 6.60. The molecule has 0 amide bonds. The molecule has 0 aliphatic heterocycles. The SMILES string of the molecule is CCCCCCCCCOc1ccc(-c2ccc(C3CCC(C)CC3)cc2)cc1. The first-order chi connectivity index (χ1) is 14.3. The van der Waals surface area contributed by atoms with Crippen LogP contribution in [-0.4, -0.2) is 6.61 Å². The molecule has 0 saturated heterocycles. The van der Waals surface area contributed by atoms with Crippen LogP contribution < -0.4 is 4.74 Å². The van der Waals surface area contributed by atoms with Gasteiger partial charge in [0.05, 0.1) is 6.61 Å². The average Bonchev–Trinajstić information content (AvgIpc) is 2.77. The summed E-state index contributed by atoms with van der Waals surface area (Å²) >= 11 is 0. The summed E-state index contributed by atoms with van der Waals surface area (Å²) in [6.45, 7) is 5.50. The van der Waals surface area contributed by atoms with Crippen molar-refractivity contribution in [3.8, 4) is 16.9 Å². The Balaban J connectivity index is 1.41. The number of hydrogen-bond donors (Lipinski definition) is 0. The van der Waals surface area contributed by atoms with Gasteiger partial charge in [0.2, 0.25) is 0 Å².